The van der Waals surface area contributed by atoms with Crippen LogP contribution >= 0.6 is 23.2 Å². The van der Waals surface area contributed by atoms with Gasteiger partial charge in [0.15, 0.2) is 11.5 Å². The number of ether oxygens (including phenoxy) is 3. The number of anilines is 1. The average molecular weight is 454 g/mol. The van der Waals surface area contributed by atoms with Crippen LogP contribution in [0.1, 0.15) is 42.7 Å². The van der Waals surface area contributed by atoms with Gasteiger partial charge in [-0.05, 0) is 36.6 Å². The number of unbranched alkanes of at least 4 members (excludes halogenated alkanes) is 1. The average Bonchev–Trinajstić information content (AvgIpc) is 2.73. The van der Waals surface area contributed by atoms with Crippen LogP contribution in [0.4, 0.5) is 5.69 Å². The van der Waals surface area contributed by atoms with E-state index in [1.54, 1.807) is 32.4 Å². The molecule has 0 aromatic heterocycles. The molecule has 1 atom stereocenters. The standard InChI is InChI=1S/C22H25Cl2NO5/c1-14(27)25-19-12-21(16(11-18(19)24)17(23)6-4-5-9-26)30-13-15-7-8-20(28-2)22(10-15)29-3/h7-12,17H,4-6,13H2,1-3H3,(H,25,27). The summed E-state index contributed by atoms with van der Waals surface area (Å²) in [4.78, 5) is 22.1. The SMILES string of the molecule is COc1ccc(COc2cc(NC(C)=O)c(Cl)cc2C(Cl)CCCC=O)cc1OC. The van der Waals surface area contributed by atoms with Gasteiger partial charge in [-0.2, -0.15) is 0 Å². The van der Waals surface area contributed by atoms with Crippen molar-refractivity contribution in [1.29, 1.82) is 0 Å². The number of rotatable bonds is 11. The Bertz CT molecular complexity index is 888. The molecule has 0 saturated carbocycles. The van der Waals surface area contributed by atoms with E-state index >= 15 is 0 Å². The summed E-state index contributed by atoms with van der Waals surface area (Å²) in [5.41, 5.74) is 2.00. The first-order valence-electron chi connectivity index (χ1n) is 9.42. The van der Waals surface area contributed by atoms with Gasteiger partial charge >= 0.3 is 0 Å². The molecule has 2 aromatic carbocycles. The Hall–Kier alpha value is -2.44. The van der Waals surface area contributed by atoms with Crippen LogP contribution in [0.25, 0.3) is 0 Å². The number of aldehydes is 1. The third-order valence-corrected chi connectivity index (χ3v) is 5.14. The van der Waals surface area contributed by atoms with Gasteiger partial charge in [0.2, 0.25) is 5.91 Å². The van der Waals surface area contributed by atoms with E-state index in [0.29, 0.717) is 52.8 Å². The Balaban J connectivity index is 2.30. The van der Waals surface area contributed by atoms with E-state index in [1.165, 1.54) is 6.92 Å². The fraction of sp³-hybridized carbons (Fsp3) is 0.364. The lowest BCUT2D eigenvalue weighted by molar-refractivity contribution is -0.114. The van der Waals surface area contributed by atoms with E-state index in [1.807, 2.05) is 12.1 Å². The number of benzene rings is 2. The van der Waals surface area contributed by atoms with Crippen LogP contribution in [0.2, 0.25) is 5.02 Å². The topological polar surface area (TPSA) is 73.9 Å². The largest absolute Gasteiger partial charge is 0.493 e. The quantitative estimate of drug-likeness (QED) is 0.274. The monoisotopic (exact) mass is 453 g/mol. The second kappa shape index (κ2) is 11.7. The molecular formula is C22H25Cl2NO5. The highest BCUT2D eigenvalue weighted by atomic mass is 35.5. The van der Waals surface area contributed by atoms with Gasteiger partial charge in [0.05, 0.1) is 30.3 Å². The summed E-state index contributed by atoms with van der Waals surface area (Å²) in [6, 6.07) is 8.84. The maximum Gasteiger partial charge on any atom is 0.221 e. The molecule has 1 N–H and O–H groups in total. The first-order chi connectivity index (χ1) is 14.4. The number of alkyl halides is 1. The molecule has 0 heterocycles. The maximum atomic E-state index is 11.5. The van der Waals surface area contributed by atoms with E-state index in [0.717, 1.165) is 11.8 Å². The number of halogens is 2. The second-order valence-corrected chi connectivity index (χ2v) is 7.53. The van der Waals surface area contributed by atoms with Gasteiger partial charge in [0.25, 0.3) is 0 Å². The number of carbonyl (C=O) groups is 2. The van der Waals surface area contributed by atoms with Crippen LogP contribution in [-0.4, -0.2) is 26.4 Å². The highest BCUT2D eigenvalue weighted by molar-refractivity contribution is 6.34. The lowest BCUT2D eigenvalue weighted by Gasteiger charge is -2.18. The smallest absolute Gasteiger partial charge is 0.221 e. The van der Waals surface area contributed by atoms with Gasteiger partial charge in [-0.15, -0.1) is 11.6 Å². The van der Waals surface area contributed by atoms with E-state index in [-0.39, 0.29) is 12.5 Å². The predicted octanol–water partition coefficient (Wildman–Crippen LogP) is 5.54. The molecule has 30 heavy (non-hydrogen) atoms. The number of methoxy groups -OCH3 is 2. The van der Waals surface area contributed by atoms with Gasteiger partial charge in [-0.25, -0.2) is 0 Å². The Labute approximate surface area is 186 Å². The lowest BCUT2D eigenvalue weighted by atomic mass is 10.0. The van der Waals surface area contributed by atoms with Crippen LogP contribution < -0.4 is 19.5 Å². The minimum atomic E-state index is -0.394. The minimum Gasteiger partial charge on any atom is -0.493 e. The molecule has 2 aromatic rings. The lowest BCUT2D eigenvalue weighted by Crippen LogP contribution is -2.08. The van der Waals surface area contributed by atoms with E-state index < -0.39 is 5.38 Å². The number of nitrogens with one attached hydrogen (secondary N) is 1. The highest BCUT2D eigenvalue weighted by Crippen LogP contribution is 2.39. The molecule has 0 radical (unpaired) electrons. The maximum absolute atomic E-state index is 11.5. The third kappa shape index (κ3) is 6.54. The summed E-state index contributed by atoms with van der Waals surface area (Å²) in [6.45, 7) is 1.64. The zero-order chi connectivity index (χ0) is 22.1. The van der Waals surface area contributed by atoms with E-state index in [2.05, 4.69) is 5.32 Å². The summed E-state index contributed by atoms with van der Waals surface area (Å²) in [5.74, 6) is 1.48. The predicted molar refractivity (Wildman–Crippen MR) is 118 cm³/mol. The van der Waals surface area contributed by atoms with Crippen molar-refractivity contribution < 1.29 is 23.8 Å². The molecule has 1 amide bonds. The normalized spacial score (nSPS) is 11.5. The van der Waals surface area contributed by atoms with Crippen molar-refractivity contribution in [2.24, 2.45) is 0 Å². The minimum absolute atomic E-state index is 0.243. The molecule has 2 rings (SSSR count). The van der Waals surface area contributed by atoms with Gasteiger partial charge in [0.1, 0.15) is 18.6 Å². The summed E-state index contributed by atoms with van der Waals surface area (Å²) < 4.78 is 16.6. The first kappa shape index (κ1) is 23.8. The zero-order valence-electron chi connectivity index (χ0n) is 17.2. The Morgan fingerprint density at radius 3 is 2.50 bits per heavy atom. The molecule has 0 bridgehead atoms. The number of hydrogen-bond acceptors (Lipinski definition) is 5. The molecule has 0 aliphatic carbocycles. The Kier molecular flexibility index (Phi) is 9.27. The number of carbonyl (C=O) groups excluding carboxylic acids is 2. The first-order valence-corrected chi connectivity index (χ1v) is 10.2. The zero-order valence-corrected chi connectivity index (χ0v) is 18.7. The van der Waals surface area contributed by atoms with Gasteiger partial charge in [-0.3, -0.25) is 4.79 Å². The molecule has 162 valence electrons. The fourth-order valence-electron chi connectivity index (χ4n) is 2.89. The number of amides is 1. The van der Waals surface area contributed by atoms with Crippen LogP contribution in [0.15, 0.2) is 30.3 Å². The van der Waals surface area contributed by atoms with Gasteiger partial charge in [0, 0.05) is 25.0 Å². The van der Waals surface area contributed by atoms with Gasteiger partial charge < -0.3 is 24.3 Å². The number of hydrogen-bond donors (Lipinski definition) is 1. The van der Waals surface area contributed by atoms with Crippen molar-refractivity contribution in [2.75, 3.05) is 19.5 Å². The summed E-state index contributed by atoms with van der Waals surface area (Å²) in [5, 5.41) is 2.65. The Morgan fingerprint density at radius 1 is 1.13 bits per heavy atom. The molecule has 0 aliphatic heterocycles. The van der Waals surface area contributed by atoms with Crippen LogP contribution in [0.3, 0.4) is 0 Å². The fourth-order valence-corrected chi connectivity index (χ4v) is 3.44. The van der Waals surface area contributed by atoms with Crippen molar-refractivity contribution in [3.8, 4) is 17.2 Å². The van der Waals surface area contributed by atoms with Crippen molar-refractivity contribution in [2.45, 2.75) is 38.2 Å². The molecule has 0 fully saturated rings. The van der Waals surface area contributed by atoms with Crippen LogP contribution in [0, 0.1) is 0 Å². The second-order valence-electron chi connectivity index (χ2n) is 6.59. The van der Waals surface area contributed by atoms with Crippen LogP contribution in [0.5, 0.6) is 17.2 Å². The Morgan fingerprint density at radius 2 is 1.87 bits per heavy atom. The van der Waals surface area contributed by atoms with Crippen molar-refractivity contribution >= 4 is 41.1 Å². The summed E-state index contributed by atoms with van der Waals surface area (Å²) >= 11 is 12.9. The molecule has 0 aliphatic rings. The van der Waals surface area contributed by atoms with E-state index in [9.17, 15) is 9.59 Å². The molecule has 0 saturated heterocycles. The summed E-state index contributed by atoms with van der Waals surface area (Å²) in [7, 11) is 3.14. The van der Waals surface area contributed by atoms with Crippen molar-refractivity contribution in [1.82, 2.24) is 0 Å². The third-order valence-electron chi connectivity index (χ3n) is 4.37. The van der Waals surface area contributed by atoms with Crippen LogP contribution in [-0.2, 0) is 16.2 Å². The van der Waals surface area contributed by atoms with Crippen molar-refractivity contribution in [3.63, 3.8) is 0 Å². The molecule has 1 unspecified atom stereocenters. The van der Waals surface area contributed by atoms with Gasteiger partial charge in [-0.1, -0.05) is 17.7 Å². The highest BCUT2D eigenvalue weighted by Gasteiger charge is 2.18. The molecule has 6 nitrogen and oxygen atoms in total. The molecule has 8 heteroatoms. The molecular weight excluding hydrogens is 429 g/mol. The van der Waals surface area contributed by atoms with Crippen molar-refractivity contribution in [3.05, 3.63) is 46.5 Å². The molecule has 0 spiro atoms. The summed E-state index contributed by atoms with van der Waals surface area (Å²) in [6.07, 6.45) is 2.54. The van der Waals surface area contributed by atoms with E-state index in [4.69, 9.17) is 37.4 Å².